The highest BCUT2D eigenvalue weighted by Crippen LogP contribution is 2.29. The van der Waals surface area contributed by atoms with Crippen LogP contribution in [0.1, 0.15) is 12.0 Å². The van der Waals surface area contributed by atoms with Crippen molar-refractivity contribution in [2.75, 3.05) is 30.5 Å². The molecule has 0 atom stereocenters. The van der Waals surface area contributed by atoms with Crippen LogP contribution in [0.4, 0.5) is 17.1 Å². The van der Waals surface area contributed by atoms with Crippen molar-refractivity contribution in [2.45, 2.75) is 6.42 Å². The van der Waals surface area contributed by atoms with Crippen LogP contribution in [-0.2, 0) is 14.3 Å². The van der Waals surface area contributed by atoms with E-state index in [1.165, 1.54) is 13.2 Å². The van der Waals surface area contributed by atoms with Crippen LogP contribution in [0.25, 0.3) is 17.2 Å². The number of nitrogen functional groups attached to an aromatic ring is 2. The first-order valence-corrected chi connectivity index (χ1v) is 10.5. The second-order valence-electron chi connectivity index (χ2n) is 7.32. The quantitative estimate of drug-likeness (QED) is 0.183. The van der Waals surface area contributed by atoms with Crippen LogP contribution in [0.15, 0.2) is 66.7 Å². The van der Waals surface area contributed by atoms with Crippen LogP contribution in [0.2, 0.25) is 0 Å². The molecule has 3 rings (SSSR count). The number of hydrogen-bond donors (Lipinski definition) is 3. The Morgan fingerprint density at radius 1 is 1.03 bits per heavy atom. The van der Waals surface area contributed by atoms with Crippen molar-refractivity contribution in [3.05, 3.63) is 72.3 Å². The molecule has 3 aromatic carbocycles. The largest absolute Gasteiger partial charge is 0.496 e. The Hall–Kier alpha value is -4.97. The Morgan fingerprint density at radius 2 is 1.77 bits per heavy atom. The number of methoxy groups -OCH3 is 1. The number of hydrogen-bond acceptors (Lipinski definition) is 8. The van der Waals surface area contributed by atoms with Crippen molar-refractivity contribution < 1.29 is 23.8 Å². The van der Waals surface area contributed by atoms with Crippen molar-refractivity contribution in [1.29, 1.82) is 5.26 Å². The summed E-state index contributed by atoms with van der Waals surface area (Å²) >= 11 is 0. The number of nitrogens with one attached hydrogen (secondary N) is 1. The number of nitriles is 1. The summed E-state index contributed by atoms with van der Waals surface area (Å²) in [6.07, 6.45) is 4.43. The number of nitrogens with two attached hydrogens (primary N) is 2. The summed E-state index contributed by atoms with van der Waals surface area (Å²) in [7, 11) is 1.53. The molecule has 0 fully saturated rings. The van der Waals surface area contributed by atoms with Crippen molar-refractivity contribution in [1.82, 2.24) is 0 Å². The minimum atomic E-state index is -0.597. The summed E-state index contributed by atoms with van der Waals surface area (Å²) in [4.78, 5) is 24.1. The minimum Gasteiger partial charge on any atom is -0.496 e. The van der Waals surface area contributed by atoms with Gasteiger partial charge in [-0.1, -0.05) is 24.3 Å². The Morgan fingerprint density at radius 3 is 2.49 bits per heavy atom. The van der Waals surface area contributed by atoms with E-state index in [-0.39, 0.29) is 18.9 Å². The molecule has 0 unspecified atom stereocenters. The van der Waals surface area contributed by atoms with Gasteiger partial charge in [0.2, 0.25) is 5.91 Å². The van der Waals surface area contributed by atoms with Gasteiger partial charge in [-0.2, -0.15) is 0 Å². The lowest BCUT2D eigenvalue weighted by molar-refractivity contribution is -0.138. The van der Waals surface area contributed by atoms with E-state index in [1.54, 1.807) is 48.7 Å². The van der Waals surface area contributed by atoms with E-state index < -0.39 is 5.97 Å². The third-order valence-electron chi connectivity index (χ3n) is 4.91. The molecule has 0 saturated heterocycles. The molecule has 0 saturated carbocycles. The average Bonchev–Trinajstić information content (AvgIpc) is 2.85. The van der Waals surface area contributed by atoms with Gasteiger partial charge in [0.15, 0.2) is 0 Å². The fraction of sp³-hybridized carbons (Fsp3) is 0.115. The number of nitrogens with zero attached hydrogens (tertiary/aromatic N) is 1. The van der Waals surface area contributed by atoms with E-state index in [2.05, 4.69) is 5.32 Å². The van der Waals surface area contributed by atoms with Crippen LogP contribution >= 0.6 is 0 Å². The van der Waals surface area contributed by atoms with Crippen LogP contribution < -0.4 is 26.3 Å². The van der Waals surface area contributed by atoms with Gasteiger partial charge in [-0.25, -0.2) is 4.79 Å². The van der Waals surface area contributed by atoms with E-state index in [0.717, 1.165) is 11.1 Å². The molecule has 5 N–H and O–H groups in total. The Labute approximate surface area is 202 Å². The molecule has 9 heteroatoms. The first-order chi connectivity index (χ1) is 16.9. The molecule has 0 aliphatic carbocycles. The minimum absolute atomic E-state index is 0.0377. The second kappa shape index (κ2) is 11.8. The van der Waals surface area contributed by atoms with Gasteiger partial charge in [-0.3, -0.25) is 4.79 Å². The fourth-order valence-electron chi connectivity index (χ4n) is 3.14. The van der Waals surface area contributed by atoms with E-state index in [9.17, 15) is 9.59 Å². The number of carbonyl (C=O) groups excluding carboxylic acids is 2. The van der Waals surface area contributed by atoms with E-state index >= 15 is 0 Å². The molecule has 0 spiro atoms. The molecule has 0 radical (unpaired) electrons. The third-order valence-corrected chi connectivity index (χ3v) is 4.91. The predicted octanol–water partition coefficient (Wildman–Crippen LogP) is 3.97. The normalized spacial score (nSPS) is 10.4. The van der Waals surface area contributed by atoms with E-state index in [1.807, 2.05) is 24.3 Å². The number of amides is 1. The zero-order valence-corrected chi connectivity index (χ0v) is 19.0. The smallest absolute Gasteiger partial charge is 0.330 e. The lowest BCUT2D eigenvalue weighted by Crippen LogP contribution is -2.16. The van der Waals surface area contributed by atoms with Crippen molar-refractivity contribution in [3.8, 4) is 28.9 Å². The standard InChI is InChI=1S/C26H24N4O5/c1-33-24-14-19(17-4-8-21(9-5-17)35-16-27)3-2-18(24)6-11-26(32)34-13-12-25(31)30-23-15-20(28)7-10-22(23)29/h2-11,14-15H,12-13,28-29H2,1H3,(H,30,31)/b11-6+. The van der Waals surface area contributed by atoms with Gasteiger partial charge in [-0.05, 0) is 53.6 Å². The SMILES string of the molecule is COc1cc(-c2ccc(OC#N)cc2)ccc1/C=C/C(=O)OCCC(=O)Nc1cc(N)ccc1N. The maximum absolute atomic E-state index is 12.1. The van der Waals surface area contributed by atoms with Crippen LogP contribution in [0, 0.1) is 11.5 Å². The first kappa shape index (κ1) is 24.7. The molecule has 0 aliphatic heterocycles. The highest BCUT2D eigenvalue weighted by molar-refractivity contribution is 5.95. The number of anilines is 3. The van der Waals surface area contributed by atoms with Gasteiger partial charge < -0.3 is 31.0 Å². The number of ether oxygens (including phenoxy) is 3. The van der Waals surface area contributed by atoms with Gasteiger partial charge in [0.1, 0.15) is 18.1 Å². The van der Waals surface area contributed by atoms with Crippen molar-refractivity contribution in [3.63, 3.8) is 0 Å². The monoisotopic (exact) mass is 472 g/mol. The summed E-state index contributed by atoms with van der Waals surface area (Å²) < 4.78 is 15.3. The van der Waals surface area contributed by atoms with Gasteiger partial charge in [0.05, 0.1) is 24.9 Å². The molecule has 3 aromatic rings. The number of benzene rings is 3. The molecule has 1 amide bonds. The highest BCUT2D eigenvalue weighted by Gasteiger charge is 2.09. The topological polar surface area (TPSA) is 150 Å². The predicted molar refractivity (Wildman–Crippen MR) is 133 cm³/mol. The average molecular weight is 473 g/mol. The lowest BCUT2D eigenvalue weighted by Gasteiger charge is -2.09. The van der Waals surface area contributed by atoms with Crippen LogP contribution in [0.3, 0.4) is 0 Å². The molecule has 0 aromatic heterocycles. The van der Waals surface area contributed by atoms with E-state index in [4.69, 9.17) is 30.9 Å². The molecular weight excluding hydrogens is 448 g/mol. The molecule has 178 valence electrons. The van der Waals surface area contributed by atoms with E-state index in [0.29, 0.717) is 34.1 Å². The second-order valence-corrected chi connectivity index (χ2v) is 7.32. The summed E-state index contributed by atoms with van der Waals surface area (Å²) in [6, 6.07) is 17.3. The summed E-state index contributed by atoms with van der Waals surface area (Å²) in [5, 5.41) is 11.2. The van der Waals surface area contributed by atoms with Crippen LogP contribution in [-0.4, -0.2) is 25.6 Å². The molecule has 0 bridgehead atoms. The molecule has 35 heavy (non-hydrogen) atoms. The van der Waals surface area contributed by atoms with Gasteiger partial charge >= 0.3 is 5.97 Å². The van der Waals surface area contributed by atoms with Gasteiger partial charge in [0.25, 0.3) is 6.26 Å². The molecule has 9 nitrogen and oxygen atoms in total. The summed E-state index contributed by atoms with van der Waals surface area (Å²) in [5.41, 5.74) is 15.2. The Kier molecular flexibility index (Phi) is 8.29. The molecule has 0 aliphatic rings. The Bertz CT molecular complexity index is 1280. The zero-order chi connectivity index (χ0) is 25.2. The number of rotatable bonds is 9. The number of esters is 1. The van der Waals surface area contributed by atoms with Crippen molar-refractivity contribution >= 4 is 35.0 Å². The molecule has 0 heterocycles. The molecular formula is C26H24N4O5. The third kappa shape index (κ3) is 7.00. The maximum atomic E-state index is 12.1. The van der Waals surface area contributed by atoms with Gasteiger partial charge in [0, 0.05) is 17.3 Å². The maximum Gasteiger partial charge on any atom is 0.330 e. The highest BCUT2D eigenvalue weighted by atomic mass is 16.5. The lowest BCUT2D eigenvalue weighted by atomic mass is 10.0. The first-order valence-electron chi connectivity index (χ1n) is 10.5. The van der Waals surface area contributed by atoms with Gasteiger partial charge in [-0.15, -0.1) is 5.26 Å². The fourth-order valence-corrected chi connectivity index (χ4v) is 3.14. The number of carbonyl (C=O) groups is 2. The summed E-state index contributed by atoms with van der Waals surface area (Å²) in [6.45, 7) is -0.0984. The zero-order valence-electron chi connectivity index (χ0n) is 19.0. The Balaban J connectivity index is 1.54. The van der Waals surface area contributed by atoms with Crippen LogP contribution in [0.5, 0.6) is 11.5 Å². The summed E-state index contributed by atoms with van der Waals surface area (Å²) in [5.74, 6) is 0.0553. The van der Waals surface area contributed by atoms with Crippen molar-refractivity contribution in [2.24, 2.45) is 0 Å².